The standard InChI is InChI=1S/C15H15Cl2N3O4/c1-8-13(14(18)24-19-8)15(22)23-7-12(21)20(2)6-9-3-4-10(16)11(17)5-9/h3-5H,6-7,18H2,1-2H3. The zero-order valence-electron chi connectivity index (χ0n) is 13.0. The SMILES string of the molecule is Cc1noc(N)c1C(=O)OCC(=O)N(C)Cc1ccc(Cl)c(Cl)c1. The van der Waals surface area contributed by atoms with E-state index in [4.69, 9.17) is 33.7 Å². The van der Waals surface area contributed by atoms with Crippen LogP contribution in [0.4, 0.5) is 5.88 Å². The van der Waals surface area contributed by atoms with E-state index in [9.17, 15) is 9.59 Å². The molecule has 0 fully saturated rings. The fourth-order valence-corrected chi connectivity index (χ4v) is 2.27. The largest absolute Gasteiger partial charge is 0.452 e. The molecule has 128 valence electrons. The Morgan fingerprint density at radius 1 is 1.33 bits per heavy atom. The second kappa shape index (κ2) is 7.55. The highest BCUT2D eigenvalue weighted by molar-refractivity contribution is 6.42. The maximum absolute atomic E-state index is 12.1. The van der Waals surface area contributed by atoms with Crippen molar-refractivity contribution in [2.75, 3.05) is 19.4 Å². The highest BCUT2D eigenvalue weighted by atomic mass is 35.5. The molecule has 2 N–H and O–H groups in total. The van der Waals surface area contributed by atoms with Crippen molar-refractivity contribution in [1.29, 1.82) is 0 Å². The number of benzene rings is 1. The number of nitrogens with zero attached hydrogens (tertiary/aromatic N) is 2. The van der Waals surface area contributed by atoms with Gasteiger partial charge in [-0.25, -0.2) is 4.79 Å². The third-order valence-electron chi connectivity index (χ3n) is 3.25. The Morgan fingerprint density at radius 2 is 2.04 bits per heavy atom. The Balaban J connectivity index is 1.92. The van der Waals surface area contributed by atoms with Crippen molar-refractivity contribution < 1.29 is 18.8 Å². The number of hydrogen-bond acceptors (Lipinski definition) is 6. The van der Waals surface area contributed by atoms with Gasteiger partial charge in [0.15, 0.2) is 6.61 Å². The number of aromatic nitrogens is 1. The van der Waals surface area contributed by atoms with Crippen LogP contribution in [0.15, 0.2) is 22.7 Å². The molecule has 2 aromatic rings. The van der Waals surface area contributed by atoms with E-state index in [1.807, 2.05) is 0 Å². The third-order valence-corrected chi connectivity index (χ3v) is 3.99. The topological polar surface area (TPSA) is 98.7 Å². The average Bonchev–Trinajstić information content (AvgIpc) is 2.87. The minimum absolute atomic E-state index is 0.0231. The molecule has 1 heterocycles. The Labute approximate surface area is 148 Å². The molecular formula is C15H15Cl2N3O4. The van der Waals surface area contributed by atoms with Crippen molar-refractivity contribution in [3.05, 3.63) is 45.1 Å². The summed E-state index contributed by atoms with van der Waals surface area (Å²) in [5.74, 6) is -1.29. The van der Waals surface area contributed by atoms with Crippen LogP contribution in [-0.4, -0.2) is 35.6 Å². The smallest absolute Gasteiger partial charge is 0.346 e. The molecule has 0 spiro atoms. The van der Waals surface area contributed by atoms with Gasteiger partial charge in [-0.05, 0) is 24.6 Å². The fourth-order valence-electron chi connectivity index (χ4n) is 1.95. The lowest BCUT2D eigenvalue weighted by Crippen LogP contribution is -2.31. The molecule has 0 atom stereocenters. The second-order valence-corrected chi connectivity index (χ2v) is 5.90. The van der Waals surface area contributed by atoms with Crippen molar-refractivity contribution >= 4 is 41.0 Å². The Morgan fingerprint density at radius 3 is 2.62 bits per heavy atom. The van der Waals surface area contributed by atoms with Gasteiger partial charge in [0.2, 0.25) is 5.88 Å². The van der Waals surface area contributed by atoms with Crippen LogP contribution in [-0.2, 0) is 16.1 Å². The Kier molecular flexibility index (Phi) is 5.69. The summed E-state index contributed by atoms with van der Waals surface area (Å²) in [5, 5.41) is 4.39. The van der Waals surface area contributed by atoms with E-state index in [2.05, 4.69) is 9.68 Å². The van der Waals surface area contributed by atoms with Crippen molar-refractivity contribution in [2.45, 2.75) is 13.5 Å². The minimum Gasteiger partial charge on any atom is -0.452 e. The van der Waals surface area contributed by atoms with E-state index in [0.717, 1.165) is 5.56 Å². The van der Waals surface area contributed by atoms with Crippen molar-refractivity contribution in [1.82, 2.24) is 10.1 Å². The first-order valence-corrected chi connectivity index (χ1v) is 7.62. The lowest BCUT2D eigenvalue weighted by molar-refractivity contribution is -0.133. The van der Waals surface area contributed by atoms with Crippen LogP contribution in [0, 0.1) is 6.92 Å². The summed E-state index contributed by atoms with van der Waals surface area (Å²) in [6, 6.07) is 5.07. The molecule has 2 rings (SSSR count). The number of hydrogen-bond donors (Lipinski definition) is 1. The van der Waals surface area contributed by atoms with Gasteiger partial charge in [0.1, 0.15) is 5.56 Å². The zero-order chi connectivity index (χ0) is 17.9. The van der Waals surface area contributed by atoms with Gasteiger partial charge in [-0.15, -0.1) is 0 Å². The molecule has 7 nitrogen and oxygen atoms in total. The molecule has 0 aliphatic rings. The molecule has 0 unspecified atom stereocenters. The molecule has 24 heavy (non-hydrogen) atoms. The first-order chi connectivity index (χ1) is 11.3. The van der Waals surface area contributed by atoms with E-state index in [1.165, 1.54) is 4.90 Å². The van der Waals surface area contributed by atoms with Crippen LogP contribution in [0.1, 0.15) is 21.6 Å². The maximum Gasteiger partial charge on any atom is 0.346 e. The van der Waals surface area contributed by atoms with E-state index in [1.54, 1.807) is 32.2 Å². The van der Waals surface area contributed by atoms with Crippen molar-refractivity contribution in [2.24, 2.45) is 0 Å². The van der Waals surface area contributed by atoms with Gasteiger partial charge in [-0.3, -0.25) is 4.79 Å². The summed E-state index contributed by atoms with van der Waals surface area (Å²) < 4.78 is 9.63. The molecule has 0 bridgehead atoms. The van der Waals surface area contributed by atoms with Crippen molar-refractivity contribution in [3.8, 4) is 0 Å². The number of esters is 1. The Bertz CT molecular complexity index is 757. The minimum atomic E-state index is -0.762. The number of nitrogens with two attached hydrogens (primary N) is 1. The van der Waals surface area contributed by atoms with E-state index in [0.29, 0.717) is 22.3 Å². The first kappa shape index (κ1) is 18.1. The molecule has 9 heteroatoms. The van der Waals surface area contributed by atoms with Crippen LogP contribution in [0.25, 0.3) is 0 Å². The summed E-state index contributed by atoms with van der Waals surface area (Å²) in [6.45, 7) is 1.41. The van der Waals surface area contributed by atoms with Crippen molar-refractivity contribution in [3.63, 3.8) is 0 Å². The quantitative estimate of drug-likeness (QED) is 0.811. The first-order valence-electron chi connectivity index (χ1n) is 6.86. The number of rotatable bonds is 5. The lowest BCUT2D eigenvalue weighted by Gasteiger charge is -2.17. The summed E-state index contributed by atoms with van der Waals surface area (Å²) in [4.78, 5) is 25.4. The van der Waals surface area contributed by atoms with Crippen LogP contribution in [0.3, 0.4) is 0 Å². The van der Waals surface area contributed by atoms with Gasteiger partial charge >= 0.3 is 5.97 Å². The van der Waals surface area contributed by atoms with Crippen LogP contribution in [0.2, 0.25) is 10.0 Å². The number of amides is 1. The summed E-state index contributed by atoms with van der Waals surface area (Å²) in [7, 11) is 1.58. The fraction of sp³-hybridized carbons (Fsp3) is 0.267. The number of ether oxygens (including phenoxy) is 1. The molecule has 0 saturated heterocycles. The summed E-state index contributed by atoms with van der Waals surface area (Å²) in [6.07, 6.45) is 0. The number of nitrogen functional groups attached to an aromatic ring is 1. The molecule has 1 amide bonds. The lowest BCUT2D eigenvalue weighted by atomic mass is 10.2. The normalized spacial score (nSPS) is 10.5. The van der Waals surface area contributed by atoms with E-state index < -0.39 is 12.6 Å². The molecule has 0 aliphatic heterocycles. The predicted octanol–water partition coefficient (Wildman–Crippen LogP) is 2.69. The van der Waals surface area contributed by atoms with Gasteiger partial charge in [0, 0.05) is 13.6 Å². The maximum atomic E-state index is 12.1. The van der Waals surface area contributed by atoms with Crippen LogP contribution < -0.4 is 5.73 Å². The number of anilines is 1. The van der Waals surface area contributed by atoms with Crippen LogP contribution in [0.5, 0.6) is 0 Å². The van der Waals surface area contributed by atoms with E-state index in [-0.39, 0.29) is 17.4 Å². The number of likely N-dealkylation sites (N-methyl/N-ethyl adjacent to an activating group) is 1. The zero-order valence-corrected chi connectivity index (χ0v) is 14.5. The predicted molar refractivity (Wildman–Crippen MR) is 88.9 cm³/mol. The summed E-state index contributed by atoms with van der Waals surface area (Å²) >= 11 is 11.8. The van der Waals surface area contributed by atoms with Gasteiger partial charge in [0.05, 0.1) is 15.7 Å². The molecule has 0 radical (unpaired) electrons. The highest BCUT2D eigenvalue weighted by Gasteiger charge is 2.21. The number of aryl methyl sites for hydroxylation is 1. The summed E-state index contributed by atoms with van der Waals surface area (Å²) in [5.41, 5.74) is 6.61. The number of carbonyl (C=O) groups is 2. The number of carbonyl (C=O) groups excluding carboxylic acids is 2. The molecule has 0 saturated carbocycles. The molecular weight excluding hydrogens is 357 g/mol. The monoisotopic (exact) mass is 371 g/mol. The van der Waals surface area contributed by atoms with Gasteiger partial charge < -0.3 is 19.9 Å². The molecule has 1 aromatic heterocycles. The second-order valence-electron chi connectivity index (χ2n) is 5.08. The molecule has 0 aliphatic carbocycles. The van der Waals surface area contributed by atoms with Gasteiger partial charge in [-0.1, -0.05) is 34.4 Å². The van der Waals surface area contributed by atoms with Gasteiger partial charge in [-0.2, -0.15) is 0 Å². The van der Waals surface area contributed by atoms with Crippen LogP contribution >= 0.6 is 23.2 Å². The van der Waals surface area contributed by atoms with Gasteiger partial charge in [0.25, 0.3) is 5.91 Å². The third kappa shape index (κ3) is 4.18. The van der Waals surface area contributed by atoms with E-state index >= 15 is 0 Å². The average molecular weight is 372 g/mol. The molecule has 1 aromatic carbocycles. The number of halogens is 2. The Hall–Kier alpha value is -2.25. The highest BCUT2D eigenvalue weighted by Crippen LogP contribution is 2.23.